The molecular formula is C11H22N2O3. The lowest BCUT2D eigenvalue weighted by atomic mass is 10.1. The van der Waals surface area contributed by atoms with Gasteiger partial charge in [-0.1, -0.05) is 13.8 Å². The number of hydrogen-bond donors (Lipinski definition) is 3. The van der Waals surface area contributed by atoms with Gasteiger partial charge < -0.3 is 15.7 Å². The minimum Gasteiger partial charge on any atom is -0.481 e. The number of rotatable bonds is 8. The van der Waals surface area contributed by atoms with Gasteiger partial charge in [-0.3, -0.25) is 9.59 Å². The van der Waals surface area contributed by atoms with Gasteiger partial charge >= 0.3 is 5.97 Å². The molecule has 0 radical (unpaired) electrons. The van der Waals surface area contributed by atoms with E-state index in [1.54, 1.807) is 6.92 Å². The monoisotopic (exact) mass is 230 g/mol. The summed E-state index contributed by atoms with van der Waals surface area (Å²) in [6.07, 6.45) is 1.06. The molecule has 0 saturated heterocycles. The summed E-state index contributed by atoms with van der Waals surface area (Å²) >= 11 is 0. The second kappa shape index (κ2) is 8.10. The fourth-order valence-electron chi connectivity index (χ4n) is 1.13. The minimum absolute atomic E-state index is 0.0370. The van der Waals surface area contributed by atoms with E-state index in [2.05, 4.69) is 10.6 Å². The number of carboxylic acid groups (broad SMARTS) is 1. The van der Waals surface area contributed by atoms with Gasteiger partial charge in [0.15, 0.2) is 0 Å². The average molecular weight is 230 g/mol. The summed E-state index contributed by atoms with van der Waals surface area (Å²) in [5, 5.41) is 14.3. The number of carbonyl (C=O) groups excluding carboxylic acids is 1. The number of aliphatic carboxylic acids is 1. The van der Waals surface area contributed by atoms with Gasteiger partial charge in [0.25, 0.3) is 0 Å². The maximum Gasteiger partial charge on any atom is 0.303 e. The topological polar surface area (TPSA) is 78.4 Å². The molecule has 0 spiro atoms. The smallest absolute Gasteiger partial charge is 0.303 e. The third kappa shape index (κ3) is 8.23. The molecule has 0 aliphatic carbocycles. The third-order valence-electron chi connectivity index (χ3n) is 2.39. The summed E-state index contributed by atoms with van der Waals surface area (Å²) in [7, 11) is 0. The molecule has 0 aliphatic heterocycles. The Bertz CT molecular complexity index is 231. The first-order valence-electron chi connectivity index (χ1n) is 5.67. The zero-order valence-corrected chi connectivity index (χ0v) is 10.2. The Morgan fingerprint density at radius 1 is 1.31 bits per heavy atom. The van der Waals surface area contributed by atoms with E-state index in [9.17, 15) is 9.59 Å². The predicted molar refractivity (Wildman–Crippen MR) is 62.2 cm³/mol. The van der Waals surface area contributed by atoms with Crippen molar-refractivity contribution in [1.82, 2.24) is 10.6 Å². The van der Waals surface area contributed by atoms with Crippen LogP contribution in [0.25, 0.3) is 0 Å². The van der Waals surface area contributed by atoms with Crippen molar-refractivity contribution >= 4 is 11.9 Å². The van der Waals surface area contributed by atoms with Gasteiger partial charge in [-0.15, -0.1) is 0 Å². The Labute approximate surface area is 96.6 Å². The van der Waals surface area contributed by atoms with Crippen LogP contribution in [-0.2, 0) is 9.59 Å². The van der Waals surface area contributed by atoms with Gasteiger partial charge in [0, 0.05) is 19.0 Å². The number of amides is 1. The van der Waals surface area contributed by atoms with E-state index < -0.39 is 5.97 Å². The molecule has 5 heteroatoms. The lowest BCUT2D eigenvalue weighted by molar-refractivity contribution is -0.138. The highest BCUT2D eigenvalue weighted by atomic mass is 16.4. The Hall–Kier alpha value is -1.10. The fraction of sp³-hybridized carbons (Fsp3) is 0.818. The predicted octanol–water partition coefficient (Wildman–Crippen LogP) is 0.601. The molecule has 16 heavy (non-hydrogen) atoms. The third-order valence-corrected chi connectivity index (χ3v) is 2.39. The van der Waals surface area contributed by atoms with Crippen LogP contribution in [0.1, 0.15) is 33.6 Å². The molecule has 0 aromatic heterocycles. The van der Waals surface area contributed by atoms with Crippen molar-refractivity contribution in [3.63, 3.8) is 0 Å². The van der Waals surface area contributed by atoms with Gasteiger partial charge in [0.2, 0.25) is 5.91 Å². The van der Waals surface area contributed by atoms with Gasteiger partial charge in [0.05, 0.1) is 6.54 Å². The Balaban J connectivity index is 3.61. The molecule has 5 nitrogen and oxygen atoms in total. The maximum atomic E-state index is 11.3. The van der Waals surface area contributed by atoms with Crippen molar-refractivity contribution in [2.24, 2.45) is 5.92 Å². The summed E-state index contributed by atoms with van der Waals surface area (Å²) in [4.78, 5) is 21.7. The van der Waals surface area contributed by atoms with Crippen LogP contribution in [0.3, 0.4) is 0 Å². The van der Waals surface area contributed by atoms with Gasteiger partial charge in [-0.05, 0) is 19.3 Å². The molecule has 0 bridgehead atoms. The summed E-state index contributed by atoms with van der Waals surface area (Å²) in [5.41, 5.74) is 0. The second-order valence-electron chi connectivity index (χ2n) is 4.20. The van der Waals surface area contributed by atoms with Gasteiger partial charge in [-0.25, -0.2) is 0 Å². The molecule has 0 saturated carbocycles. The normalized spacial score (nSPS) is 14.2. The van der Waals surface area contributed by atoms with Crippen LogP contribution < -0.4 is 10.6 Å². The van der Waals surface area contributed by atoms with E-state index in [1.165, 1.54) is 0 Å². The van der Waals surface area contributed by atoms with Crippen LogP contribution in [0.5, 0.6) is 0 Å². The van der Waals surface area contributed by atoms with Gasteiger partial charge in [-0.2, -0.15) is 0 Å². The van der Waals surface area contributed by atoms with Crippen LogP contribution in [0.2, 0.25) is 0 Å². The van der Waals surface area contributed by atoms with Crippen LogP contribution in [0.15, 0.2) is 0 Å². The first kappa shape index (κ1) is 14.9. The van der Waals surface area contributed by atoms with E-state index in [4.69, 9.17) is 5.11 Å². The van der Waals surface area contributed by atoms with E-state index in [1.807, 2.05) is 13.8 Å². The summed E-state index contributed by atoms with van der Waals surface area (Å²) in [6.45, 7) is 6.56. The Kier molecular flexibility index (Phi) is 7.54. The van der Waals surface area contributed by atoms with E-state index in [-0.39, 0.29) is 24.8 Å². The lowest BCUT2D eigenvalue weighted by Crippen LogP contribution is -2.39. The average Bonchev–Trinajstić information content (AvgIpc) is 2.22. The van der Waals surface area contributed by atoms with Crippen molar-refractivity contribution in [2.45, 2.75) is 39.7 Å². The van der Waals surface area contributed by atoms with E-state index in [0.29, 0.717) is 12.6 Å². The largest absolute Gasteiger partial charge is 0.481 e. The molecule has 0 fully saturated rings. The zero-order chi connectivity index (χ0) is 12.6. The number of carbonyl (C=O) groups is 2. The van der Waals surface area contributed by atoms with Crippen molar-refractivity contribution in [3.05, 3.63) is 0 Å². The molecule has 2 unspecified atom stereocenters. The summed E-state index contributed by atoms with van der Waals surface area (Å²) < 4.78 is 0. The molecule has 1 amide bonds. The molecule has 0 aromatic carbocycles. The molecule has 0 aliphatic rings. The lowest BCUT2D eigenvalue weighted by Gasteiger charge is -2.13. The molecule has 2 atom stereocenters. The molecule has 94 valence electrons. The highest BCUT2D eigenvalue weighted by Gasteiger charge is 2.09. The van der Waals surface area contributed by atoms with Crippen molar-refractivity contribution in [3.8, 4) is 0 Å². The first-order valence-corrected chi connectivity index (χ1v) is 5.67. The number of carboxylic acids is 1. The molecule has 3 N–H and O–H groups in total. The number of nitrogens with one attached hydrogen (secondary N) is 2. The highest BCUT2D eigenvalue weighted by Crippen LogP contribution is 1.98. The molecule has 0 heterocycles. The Morgan fingerprint density at radius 2 is 1.94 bits per heavy atom. The van der Waals surface area contributed by atoms with Crippen LogP contribution in [0.4, 0.5) is 0 Å². The molecule has 0 aromatic rings. The molecule has 0 rings (SSSR count). The fourth-order valence-corrected chi connectivity index (χ4v) is 1.13. The minimum atomic E-state index is -0.834. The van der Waals surface area contributed by atoms with Crippen LogP contribution in [0, 0.1) is 5.92 Å². The van der Waals surface area contributed by atoms with Gasteiger partial charge in [0.1, 0.15) is 0 Å². The highest BCUT2D eigenvalue weighted by molar-refractivity contribution is 5.78. The van der Waals surface area contributed by atoms with E-state index >= 15 is 0 Å². The van der Waals surface area contributed by atoms with Crippen LogP contribution >= 0.6 is 0 Å². The van der Waals surface area contributed by atoms with Crippen molar-refractivity contribution in [2.75, 3.05) is 13.1 Å². The summed E-state index contributed by atoms with van der Waals surface area (Å²) in [6, 6.07) is 0.321. The first-order chi connectivity index (χ1) is 7.45. The zero-order valence-electron chi connectivity index (χ0n) is 10.2. The summed E-state index contributed by atoms with van der Waals surface area (Å²) in [5.74, 6) is -0.956. The van der Waals surface area contributed by atoms with Crippen molar-refractivity contribution in [1.29, 1.82) is 0 Å². The number of hydrogen-bond acceptors (Lipinski definition) is 3. The quantitative estimate of drug-likeness (QED) is 0.570. The van der Waals surface area contributed by atoms with E-state index in [0.717, 1.165) is 6.42 Å². The van der Waals surface area contributed by atoms with Crippen molar-refractivity contribution < 1.29 is 14.7 Å². The molecular weight excluding hydrogens is 208 g/mol. The Morgan fingerprint density at radius 3 is 2.44 bits per heavy atom. The maximum absolute atomic E-state index is 11.3. The standard InChI is InChI=1S/C11H22N2O3/c1-4-9(3)12-7-10(14)13-6-8(2)5-11(15)16/h8-9,12H,4-7H2,1-3H3,(H,13,14)(H,15,16). The van der Waals surface area contributed by atoms with Crippen LogP contribution in [-0.4, -0.2) is 36.1 Å². The second-order valence-corrected chi connectivity index (χ2v) is 4.20. The SMILES string of the molecule is CCC(C)NCC(=O)NCC(C)CC(=O)O.